The van der Waals surface area contributed by atoms with Crippen LogP contribution in [0.2, 0.25) is 0 Å². The second-order valence-electron chi connectivity index (χ2n) is 26.2. The van der Waals surface area contributed by atoms with Crippen LogP contribution in [0, 0.1) is 0 Å². The summed E-state index contributed by atoms with van der Waals surface area (Å²) in [4.78, 5) is 82.0. The maximum Gasteiger partial charge on any atom is 0.407 e. The third kappa shape index (κ3) is 25.7. The molecule has 3 aliphatic rings. The van der Waals surface area contributed by atoms with Gasteiger partial charge in [0.1, 0.15) is 85.1 Å². The van der Waals surface area contributed by atoms with Crippen LogP contribution < -0.4 is 5.32 Å². The van der Waals surface area contributed by atoms with Crippen molar-refractivity contribution in [3.63, 3.8) is 0 Å². The van der Waals surface area contributed by atoms with E-state index in [9.17, 15) is 24.0 Å². The van der Waals surface area contributed by atoms with Gasteiger partial charge in [0.15, 0.2) is 12.2 Å². The summed E-state index contributed by atoms with van der Waals surface area (Å²) in [6.07, 6.45) is -18.3. The first-order valence-corrected chi connectivity index (χ1v) is 37.8. The van der Waals surface area contributed by atoms with Gasteiger partial charge in [-0.25, -0.2) is 9.59 Å². The quantitative estimate of drug-likeness (QED) is 0.0215. The minimum absolute atomic E-state index is 0.00268. The Bertz CT molecular complexity index is 3960. The van der Waals surface area contributed by atoms with Crippen LogP contribution in [0.5, 0.6) is 0 Å². The lowest BCUT2D eigenvalue weighted by Crippen LogP contribution is -2.70. The molecule has 3 aliphatic heterocycles. The first-order chi connectivity index (χ1) is 53.2. The SMILES string of the molecule is COC(=O)[C@@]1(OC[C@H]2O[C@H](S[C@H]3O[C@H](COCc4ccccc4)[C@@H](OCc4ccccc4)[C@H](OCc4ccccc4)[C@H]3OCc3ccccc3)[C@H](OCc3ccccc3)[C@@H](OCc3ccccc3)[C@@H]2OCc2ccccc2)C[C@H](OC(C)=O)[C@@H](NC(=O)OCC(Cl)(Cl)Cl)[C@H]([C@H](OC(C)=O)[C@@H](COC(C)=O)OC(C)=O)O1. The number of halogens is 3. The van der Waals surface area contributed by atoms with E-state index in [2.05, 4.69) is 5.32 Å². The van der Waals surface area contributed by atoms with Gasteiger partial charge in [-0.05, 0) is 38.9 Å². The summed E-state index contributed by atoms with van der Waals surface area (Å²) < 4.78 is 111. The molecular formula is C82H90Cl3NO23S. The number of hydrogen-bond acceptors (Lipinski definition) is 24. The van der Waals surface area contributed by atoms with Gasteiger partial charge in [-0.3, -0.25) is 19.2 Å². The van der Waals surface area contributed by atoms with Gasteiger partial charge in [-0.15, -0.1) is 0 Å². The van der Waals surface area contributed by atoms with Crippen molar-refractivity contribution in [1.29, 1.82) is 0 Å². The highest BCUT2D eigenvalue weighted by Gasteiger charge is 2.61. The van der Waals surface area contributed by atoms with Gasteiger partial charge in [-0.1, -0.05) is 259 Å². The van der Waals surface area contributed by atoms with Gasteiger partial charge in [-0.2, -0.15) is 0 Å². The Kier molecular flexibility index (Phi) is 32.6. The maximum absolute atomic E-state index is 15.3. The van der Waals surface area contributed by atoms with E-state index in [0.717, 1.165) is 73.7 Å². The molecule has 0 spiro atoms. The number of alkyl carbamates (subject to hydrolysis) is 1. The Labute approximate surface area is 658 Å². The van der Waals surface area contributed by atoms with Crippen LogP contribution in [0.3, 0.4) is 0 Å². The molecule has 0 unspecified atom stereocenters. The van der Waals surface area contributed by atoms with Crippen molar-refractivity contribution >= 4 is 82.5 Å². The molecule has 3 heterocycles. The average molecular weight is 1600 g/mol. The van der Waals surface area contributed by atoms with Crippen LogP contribution in [0.15, 0.2) is 212 Å². The monoisotopic (exact) mass is 1590 g/mol. The van der Waals surface area contributed by atoms with E-state index in [-0.39, 0.29) is 52.9 Å². The topological polar surface area (TPSA) is 271 Å². The van der Waals surface area contributed by atoms with E-state index in [1.54, 1.807) is 0 Å². The van der Waals surface area contributed by atoms with Crippen molar-refractivity contribution in [3.8, 4) is 0 Å². The molecular weight excluding hydrogens is 1510 g/mol. The molecule has 7 aromatic carbocycles. The zero-order chi connectivity index (χ0) is 77.8. The normalized spacial score (nSPS) is 24.5. The zero-order valence-corrected chi connectivity index (χ0v) is 64.4. The molecule has 0 bridgehead atoms. The van der Waals surface area contributed by atoms with Crippen LogP contribution in [0.4, 0.5) is 4.79 Å². The van der Waals surface area contributed by atoms with E-state index in [4.69, 9.17) is 115 Å². The molecule has 110 heavy (non-hydrogen) atoms. The van der Waals surface area contributed by atoms with Crippen molar-refractivity contribution < 1.29 is 109 Å². The number of carbonyl (C=O) groups is 6. The molecule has 16 atom stereocenters. The molecule has 0 saturated carbocycles. The molecule has 0 aliphatic carbocycles. The van der Waals surface area contributed by atoms with Crippen LogP contribution in [-0.4, -0.2) is 169 Å². The van der Waals surface area contributed by atoms with Crippen molar-refractivity contribution in [2.75, 3.05) is 33.5 Å². The number of rotatable bonds is 37. The van der Waals surface area contributed by atoms with Gasteiger partial charge in [0.05, 0.1) is 79.0 Å². The Morgan fingerprint density at radius 2 is 0.845 bits per heavy atom. The molecule has 7 aromatic rings. The van der Waals surface area contributed by atoms with E-state index >= 15 is 4.79 Å². The van der Waals surface area contributed by atoms with Crippen LogP contribution >= 0.6 is 46.6 Å². The highest BCUT2D eigenvalue weighted by Crippen LogP contribution is 2.45. The Hall–Kier alpha value is -8.06. The van der Waals surface area contributed by atoms with Gasteiger partial charge < -0.3 is 85.8 Å². The molecule has 588 valence electrons. The number of esters is 5. The number of nitrogens with one attached hydrogen (secondary N) is 1. The lowest BCUT2D eigenvalue weighted by Gasteiger charge is -2.51. The lowest BCUT2D eigenvalue weighted by molar-refractivity contribution is -0.327. The number of thioether (sulfide) groups is 1. The minimum Gasteiger partial charge on any atom is -0.465 e. The predicted octanol–water partition coefficient (Wildman–Crippen LogP) is 12.4. The number of carbonyl (C=O) groups excluding carboxylic acids is 6. The standard InChI is InChI=1S/C82H90Cl3NO23S/c1-53(87)95-50-66(105-55(3)89)71(106-56(4)90)72-68(86-80(92)102-52-82(83,84)85)64(104-54(2)88)41-81(109-72,79(91)93-5)103-51-67-70(97-44-59-31-17-8-18-32-59)74(99-46-61-35-21-10-22-36-61)76(101-48-63-39-25-12-26-40-63)78(108-67)110-77-75(100-47-62-37-23-11-24-38-62)73(98-45-60-33-19-9-20-34-60)69(96-43-58-29-15-7-16-30-58)65(107-77)49-94-42-57-27-13-6-14-28-57/h6-40,64-78H,41-52H2,1-5H3,(H,86,92)/t64-,65+,66+,67+,68+,69+,70+,71+,72+,73-,74-,75+,76+,77+,78+,81+/m0/s1. The Balaban J connectivity index is 1.13. The summed E-state index contributed by atoms with van der Waals surface area (Å²) in [5.74, 6) is -7.93. The molecule has 0 aromatic heterocycles. The molecule has 28 heteroatoms. The minimum atomic E-state index is -2.81. The second kappa shape index (κ2) is 42.5. The van der Waals surface area contributed by atoms with Crippen LogP contribution in [0.1, 0.15) is 73.1 Å². The van der Waals surface area contributed by atoms with Crippen molar-refractivity contribution in [2.45, 2.75) is 180 Å². The van der Waals surface area contributed by atoms with Crippen molar-refractivity contribution in [3.05, 3.63) is 251 Å². The molecule has 1 N–H and O–H groups in total. The predicted molar refractivity (Wildman–Crippen MR) is 403 cm³/mol. The highest BCUT2D eigenvalue weighted by atomic mass is 35.6. The number of benzene rings is 7. The average Bonchev–Trinajstić information content (AvgIpc) is 0.752. The molecule has 0 radical (unpaired) electrons. The summed E-state index contributed by atoms with van der Waals surface area (Å²) >= 11 is 19.3. The number of amides is 1. The van der Waals surface area contributed by atoms with E-state index in [1.807, 2.05) is 212 Å². The summed E-state index contributed by atoms with van der Waals surface area (Å²) in [6, 6.07) is 65.4. The molecule has 10 rings (SSSR count). The number of hydrogen-bond donors (Lipinski definition) is 1. The van der Waals surface area contributed by atoms with E-state index in [1.165, 1.54) is 11.8 Å². The Morgan fingerprint density at radius 1 is 0.473 bits per heavy atom. The first kappa shape index (κ1) is 84.4. The second-order valence-corrected chi connectivity index (χ2v) is 29.9. The van der Waals surface area contributed by atoms with Gasteiger partial charge in [0.25, 0.3) is 5.79 Å². The summed E-state index contributed by atoms with van der Waals surface area (Å²) in [5, 5.41) is 2.54. The zero-order valence-electron chi connectivity index (χ0n) is 61.3. The number of ether oxygens (including phenoxy) is 17. The fourth-order valence-electron chi connectivity index (χ4n) is 12.8. The van der Waals surface area contributed by atoms with Gasteiger partial charge >= 0.3 is 35.9 Å². The third-order valence-electron chi connectivity index (χ3n) is 17.8. The smallest absolute Gasteiger partial charge is 0.407 e. The Morgan fingerprint density at radius 3 is 1.21 bits per heavy atom. The fraction of sp³-hybridized carbons (Fsp3) is 0.415. The summed E-state index contributed by atoms with van der Waals surface area (Å²) in [6.45, 7) is 2.30. The summed E-state index contributed by atoms with van der Waals surface area (Å²) in [5.41, 5.74) is 3.53. The molecule has 3 saturated heterocycles. The van der Waals surface area contributed by atoms with E-state index < -0.39 is 162 Å². The van der Waals surface area contributed by atoms with Crippen molar-refractivity contribution in [2.24, 2.45) is 0 Å². The highest BCUT2D eigenvalue weighted by molar-refractivity contribution is 8.00. The molecule has 3 fully saturated rings. The number of methoxy groups -OCH3 is 1. The molecule has 1 amide bonds. The molecule has 24 nitrogen and oxygen atoms in total. The lowest BCUT2D eigenvalue weighted by atomic mass is 9.88. The summed E-state index contributed by atoms with van der Waals surface area (Å²) in [7, 11) is 1.03. The fourth-order valence-corrected chi connectivity index (χ4v) is 14.5. The third-order valence-corrected chi connectivity index (χ3v) is 19.4. The van der Waals surface area contributed by atoms with Gasteiger partial charge in [0, 0.05) is 27.7 Å². The van der Waals surface area contributed by atoms with E-state index in [0.29, 0.717) is 0 Å². The van der Waals surface area contributed by atoms with Crippen LogP contribution in [0.25, 0.3) is 0 Å². The van der Waals surface area contributed by atoms with Crippen LogP contribution in [-0.2, 0) is 151 Å². The maximum atomic E-state index is 15.3. The van der Waals surface area contributed by atoms with Gasteiger partial charge in [0.2, 0.25) is 3.79 Å². The first-order valence-electron chi connectivity index (χ1n) is 35.8. The van der Waals surface area contributed by atoms with Crippen molar-refractivity contribution in [1.82, 2.24) is 5.32 Å². The number of alkyl halides is 3. The largest absolute Gasteiger partial charge is 0.465 e.